The lowest BCUT2D eigenvalue weighted by Crippen LogP contribution is -1.92. The zero-order chi connectivity index (χ0) is 13.2. The molecule has 94 valence electrons. The summed E-state index contributed by atoms with van der Waals surface area (Å²) in [6.45, 7) is 0. The standard InChI is InChI=1S/C14H8FNOS2/c15-10-7-5-9(6-8-10)13(17)19-14-16-11-3-1-2-4-12(11)18-14/h1-8H. The Morgan fingerprint density at radius 3 is 2.58 bits per heavy atom. The molecular weight excluding hydrogens is 281 g/mol. The lowest BCUT2D eigenvalue weighted by Gasteiger charge is -1.97. The Morgan fingerprint density at radius 2 is 1.84 bits per heavy atom. The molecule has 0 N–H and O–H groups in total. The van der Waals surface area contributed by atoms with E-state index in [1.165, 1.54) is 35.6 Å². The number of halogens is 1. The van der Waals surface area contributed by atoms with Gasteiger partial charge in [-0.1, -0.05) is 12.1 Å². The number of hydrogen-bond donors (Lipinski definition) is 0. The zero-order valence-corrected chi connectivity index (χ0v) is 11.3. The number of aromatic nitrogens is 1. The highest BCUT2D eigenvalue weighted by atomic mass is 32.2. The van der Waals surface area contributed by atoms with E-state index in [9.17, 15) is 9.18 Å². The summed E-state index contributed by atoms with van der Waals surface area (Å²) in [7, 11) is 0. The predicted octanol–water partition coefficient (Wildman–Crippen LogP) is 4.37. The van der Waals surface area contributed by atoms with Crippen molar-refractivity contribution < 1.29 is 9.18 Å². The summed E-state index contributed by atoms with van der Waals surface area (Å²) in [4.78, 5) is 16.4. The maximum Gasteiger partial charge on any atom is 0.226 e. The van der Waals surface area contributed by atoms with Gasteiger partial charge in [-0.2, -0.15) is 0 Å². The highest BCUT2D eigenvalue weighted by Crippen LogP contribution is 2.31. The minimum Gasteiger partial charge on any atom is -0.281 e. The third kappa shape index (κ3) is 2.67. The predicted molar refractivity (Wildman–Crippen MR) is 76.2 cm³/mol. The highest BCUT2D eigenvalue weighted by molar-refractivity contribution is 8.15. The van der Waals surface area contributed by atoms with Crippen molar-refractivity contribution in [2.24, 2.45) is 0 Å². The maximum absolute atomic E-state index is 12.8. The third-order valence-electron chi connectivity index (χ3n) is 2.53. The SMILES string of the molecule is O=C(Sc1nc2ccccc2s1)c1ccc(F)cc1. The van der Waals surface area contributed by atoms with Gasteiger partial charge in [-0.25, -0.2) is 9.37 Å². The molecule has 0 saturated heterocycles. The molecule has 0 radical (unpaired) electrons. The van der Waals surface area contributed by atoms with Crippen molar-refractivity contribution in [1.29, 1.82) is 0 Å². The normalized spacial score (nSPS) is 10.8. The van der Waals surface area contributed by atoms with Gasteiger partial charge in [-0.3, -0.25) is 4.79 Å². The van der Waals surface area contributed by atoms with Crippen molar-refractivity contribution in [3.8, 4) is 0 Å². The summed E-state index contributed by atoms with van der Waals surface area (Å²) in [5.41, 5.74) is 1.37. The van der Waals surface area contributed by atoms with Crippen LogP contribution in [-0.4, -0.2) is 10.1 Å². The number of para-hydroxylation sites is 1. The quantitative estimate of drug-likeness (QED) is 0.656. The fourth-order valence-electron chi connectivity index (χ4n) is 1.62. The molecule has 2 nitrogen and oxygen atoms in total. The van der Waals surface area contributed by atoms with Gasteiger partial charge in [0.2, 0.25) is 5.12 Å². The number of rotatable bonds is 2. The van der Waals surface area contributed by atoms with Crippen LogP contribution in [0.3, 0.4) is 0 Å². The van der Waals surface area contributed by atoms with E-state index in [1.807, 2.05) is 24.3 Å². The molecule has 5 heteroatoms. The molecule has 0 spiro atoms. The number of hydrogen-bond acceptors (Lipinski definition) is 4. The minimum atomic E-state index is -0.346. The van der Waals surface area contributed by atoms with Gasteiger partial charge in [0.1, 0.15) is 5.82 Å². The number of benzene rings is 2. The third-order valence-corrected chi connectivity index (χ3v) is 4.55. The van der Waals surface area contributed by atoms with E-state index in [2.05, 4.69) is 4.98 Å². The lowest BCUT2D eigenvalue weighted by molar-refractivity contribution is 0.108. The Kier molecular flexibility index (Phi) is 3.31. The van der Waals surface area contributed by atoms with Crippen LogP contribution in [0.4, 0.5) is 4.39 Å². The fraction of sp³-hybridized carbons (Fsp3) is 0. The molecule has 0 aliphatic rings. The largest absolute Gasteiger partial charge is 0.281 e. The molecule has 0 fully saturated rings. The molecule has 0 aliphatic heterocycles. The van der Waals surface area contributed by atoms with Crippen LogP contribution >= 0.6 is 23.1 Å². The summed E-state index contributed by atoms with van der Waals surface area (Å²) in [5, 5.41) is -0.126. The molecule has 0 atom stereocenters. The molecule has 0 unspecified atom stereocenters. The minimum absolute atomic E-state index is 0.126. The molecule has 2 aromatic carbocycles. The summed E-state index contributed by atoms with van der Waals surface area (Å²) < 4.78 is 14.5. The van der Waals surface area contributed by atoms with Crippen LogP contribution in [0.15, 0.2) is 52.9 Å². The van der Waals surface area contributed by atoms with Gasteiger partial charge in [0.15, 0.2) is 4.34 Å². The summed E-state index contributed by atoms with van der Waals surface area (Å²) in [6.07, 6.45) is 0. The first-order valence-corrected chi connectivity index (χ1v) is 7.19. The van der Waals surface area contributed by atoms with Gasteiger partial charge < -0.3 is 0 Å². The van der Waals surface area contributed by atoms with Crippen LogP contribution in [0.1, 0.15) is 10.4 Å². The summed E-state index contributed by atoms with van der Waals surface area (Å²) in [5.74, 6) is -0.346. The van der Waals surface area contributed by atoms with Gasteiger partial charge in [-0.05, 0) is 48.2 Å². The Morgan fingerprint density at radius 1 is 1.11 bits per heavy atom. The summed E-state index contributed by atoms with van der Waals surface area (Å²) in [6, 6.07) is 13.3. The monoisotopic (exact) mass is 289 g/mol. The fourth-order valence-corrected chi connectivity index (χ4v) is 3.54. The molecule has 0 amide bonds. The number of carbonyl (C=O) groups is 1. The number of thioether (sulfide) groups is 1. The van der Waals surface area contributed by atoms with Gasteiger partial charge in [-0.15, -0.1) is 11.3 Å². The van der Waals surface area contributed by atoms with Crippen LogP contribution in [0.2, 0.25) is 0 Å². The molecule has 1 heterocycles. The van der Waals surface area contributed by atoms with Gasteiger partial charge in [0, 0.05) is 5.56 Å². The average molecular weight is 289 g/mol. The Balaban J connectivity index is 1.84. The van der Waals surface area contributed by atoms with Crippen molar-refractivity contribution in [2.45, 2.75) is 4.34 Å². The molecule has 3 rings (SSSR count). The Bertz CT molecular complexity index is 704. The number of thiazole rings is 1. The average Bonchev–Trinajstić information content (AvgIpc) is 2.81. The highest BCUT2D eigenvalue weighted by Gasteiger charge is 2.12. The molecule has 0 saturated carbocycles. The van der Waals surface area contributed by atoms with E-state index < -0.39 is 0 Å². The number of nitrogens with zero attached hydrogens (tertiary/aromatic N) is 1. The van der Waals surface area contributed by atoms with Crippen molar-refractivity contribution in [1.82, 2.24) is 4.98 Å². The second-order valence-electron chi connectivity index (χ2n) is 3.84. The van der Waals surface area contributed by atoms with Gasteiger partial charge >= 0.3 is 0 Å². The van der Waals surface area contributed by atoms with Crippen LogP contribution in [0.5, 0.6) is 0 Å². The van der Waals surface area contributed by atoms with E-state index >= 15 is 0 Å². The number of carbonyl (C=O) groups excluding carboxylic acids is 1. The van der Waals surface area contributed by atoms with E-state index in [-0.39, 0.29) is 10.9 Å². The molecule has 0 aliphatic carbocycles. The maximum atomic E-state index is 12.8. The van der Waals surface area contributed by atoms with Crippen molar-refractivity contribution >= 4 is 38.4 Å². The first-order valence-electron chi connectivity index (χ1n) is 5.56. The second-order valence-corrected chi connectivity index (χ2v) is 6.09. The van der Waals surface area contributed by atoms with Crippen molar-refractivity contribution in [3.05, 3.63) is 59.9 Å². The van der Waals surface area contributed by atoms with Crippen LogP contribution in [0.25, 0.3) is 10.2 Å². The first-order chi connectivity index (χ1) is 9.22. The second kappa shape index (κ2) is 5.11. The Hall–Kier alpha value is -1.72. The Labute approximate surface area is 117 Å². The smallest absolute Gasteiger partial charge is 0.226 e. The molecule has 0 bridgehead atoms. The van der Waals surface area contributed by atoms with Crippen molar-refractivity contribution in [3.63, 3.8) is 0 Å². The molecule has 1 aromatic heterocycles. The topological polar surface area (TPSA) is 30.0 Å². The van der Waals surface area contributed by atoms with E-state index in [1.54, 1.807) is 0 Å². The molecule has 3 aromatic rings. The van der Waals surface area contributed by atoms with E-state index in [0.717, 1.165) is 22.0 Å². The van der Waals surface area contributed by atoms with Crippen LogP contribution < -0.4 is 0 Å². The van der Waals surface area contributed by atoms with E-state index in [0.29, 0.717) is 9.90 Å². The first kappa shape index (κ1) is 12.3. The molecular formula is C14H8FNOS2. The summed E-state index contributed by atoms with van der Waals surface area (Å²) >= 11 is 2.55. The zero-order valence-electron chi connectivity index (χ0n) is 9.67. The number of fused-ring (bicyclic) bond motifs is 1. The van der Waals surface area contributed by atoms with Gasteiger partial charge in [0.25, 0.3) is 0 Å². The van der Waals surface area contributed by atoms with Crippen LogP contribution in [0, 0.1) is 5.82 Å². The van der Waals surface area contributed by atoms with Gasteiger partial charge in [0.05, 0.1) is 10.2 Å². The van der Waals surface area contributed by atoms with E-state index in [4.69, 9.17) is 0 Å². The lowest BCUT2D eigenvalue weighted by atomic mass is 10.2. The van der Waals surface area contributed by atoms with Crippen molar-refractivity contribution in [2.75, 3.05) is 0 Å². The molecule has 19 heavy (non-hydrogen) atoms. The van der Waals surface area contributed by atoms with Crippen LogP contribution in [-0.2, 0) is 0 Å².